The van der Waals surface area contributed by atoms with Gasteiger partial charge in [0.1, 0.15) is 0 Å². The molecule has 0 amide bonds. The van der Waals surface area contributed by atoms with Crippen LogP contribution in [0.1, 0.15) is 38.2 Å². The predicted octanol–water partition coefficient (Wildman–Crippen LogP) is 4.93. The van der Waals surface area contributed by atoms with Gasteiger partial charge in [-0.2, -0.15) is 0 Å². The maximum atomic E-state index is 12.8. The Morgan fingerprint density at radius 2 is 2.17 bits per heavy atom. The van der Waals surface area contributed by atoms with Crippen molar-refractivity contribution in [3.8, 4) is 0 Å². The zero-order valence-corrected chi connectivity index (χ0v) is 16.1. The van der Waals surface area contributed by atoms with Crippen LogP contribution in [0.5, 0.6) is 0 Å². The number of allylic oxidation sites excluding steroid dienone is 3. The Labute approximate surface area is 157 Å². The highest BCUT2D eigenvalue weighted by molar-refractivity contribution is 14.1. The molecule has 0 spiro atoms. The lowest BCUT2D eigenvalue weighted by molar-refractivity contribution is -0.113. The molecule has 3 heteroatoms. The van der Waals surface area contributed by atoms with Gasteiger partial charge in [-0.05, 0) is 78.0 Å². The molecule has 0 bridgehead atoms. The van der Waals surface area contributed by atoms with Gasteiger partial charge in [0.2, 0.25) is 0 Å². The summed E-state index contributed by atoms with van der Waals surface area (Å²) in [6, 6.07) is 8.06. The molecule has 1 aromatic rings. The number of hydrogen-bond acceptors (Lipinski definition) is 2. The van der Waals surface area contributed by atoms with Crippen molar-refractivity contribution in [1.29, 1.82) is 0 Å². The van der Waals surface area contributed by atoms with E-state index in [0.717, 1.165) is 39.5 Å². The number of rotatable bonds is 3. The summed E-state index contributed by atoms with van der Waals surface area (Å²) in [5, 5.41) is 10.9. The van der Waals surface area contributed by atoms with Gasteiger partial charge in [-0.3, -0.25) is 4.79 Å². The summed E-state index contributed by atoms with van der Waals surface area (Å²) < 4.78 is 1.12. The number of fused-ring (bicyclic) bond motifs is 1. The predicted molar refractivity (Wildman–Crippen MR) is 106 cm³/mol. The van der Waals surface area contributed by atoms with Gasteiger partial charge in [0.05, 0.1) is 6.10 Å². The lowest BCUT2D eigenvalue weighted by atomic mass is 9.55. The fourth-order valence-corrected chi connectivity index (χ4v) is 4.88. The van der Waals surface area contributed by atoms with Crippen LogP contribution >= 0.6 is 22.6 Å². The zero-order chi connectivity index (χ0) is 17.3. The molecule has 3 atom stereocenters. The zero-order valence-electron chi connectivity index (χ0n) is 14.0. The van der Waals surface area contributed by atoms with E-state index < -0.39 is 6.10 Å². The maximum Gasteiger partial charge on any atom is 0.182 e. The highest BCUT2D eigenvalue weighted by Crippen LogP contribution is 2.54. The van der Waals surface area contributed by atoms with Crippen molar-refractivity contribution in [2.45, 2.75) is 38.7 Å². The number of ketones is 1. The molecular formula is C21H23IO2. The van der Waals surface area contributed by atoms with Crippen LogP contribution in [0.15, 0.2) is 54.1 Å². The average molecular weight is 434 g/mol. The van der Waals surface area contributed by atoms with E-state index in [1.807, 2.05) is 36.4 Å². The molecule has 2 nitrogen and oxygen atoms in total. The number of carbonyl (C=O) groups is 1. The first-order valence-corrected chi connectivity index (χ1v) is 9.59. The number of carbonyl (C=O) groups excluding carboxylic acids is 1. The minimum atomic E-state index is -0.420. The number of aliphatic hydroxyl groups excluding tert-OH is 1. The highest BCUT2D eigenvalue weighted by atomic mass is 127. The van der Waals surface area contributed by atoms with Crippen molar-refractivity contribution in [3.63, 3.8) is 0 Å². The Balaban J connectivity index is 2.13. The highest BCUT2D eigenvalue weighted by Gasteiger charge is 2.50. The Hall–Kier alpha value is -1.20. The average Bonchev–Trinajstić information content (AvgIpc) is 2.55. The first-order chi connectivity index (χ1) is 11.5. The second kappa shape index (κ2) is 6.96. The third kappa shape index (κ3) is 2.82. The summed E-state index contributed by atoms with van der Waals surface area (Å²) >= 11 is 2.30. The summed E-state index contributed by atoms with van der Waals surface area (Å²) in [5.41, 5.74) is 2.59. The quantitative estimate of drug-likeness (QED) is 0.416. The minimum Gasteiger partial charge on any atom is -0.392 e. The normalized spacial score (nSPS) is 31.5. The first-order valence-electron chi connectivity index (χ1n) is 8.51. The van der Waals surface area contributed by atoms with Crippen molar-refractivity contribution in [3.05, 3.63) is 63.3 Å². The van der Waals surface area contributed by atoms with Gasteiger partial charge in [0.25, 0.3) is 0 Å². The third-order valence-electron chi connectivity index (χ3n) is 5.64. The number of hydrogen-bond donors (Lipinski definition) is 1. The second-order valence-electron chi connectivity index (χ2n) is 6.82. The number of benzene rings is 1. The third-order valence-corrected chi connectivity index (χ3v) is 6.63. The van der Waals surface area contributed by atoms with Crippen LogP contribution in [-0.2, 0) is 4.79 Å². The van der Waals surface area contributed by atoms with E-state index in [1.165, 1.54) is 0 Å². The Kier molecular flexibility index (Phi) is 5.11. The van der Waals surface area contributed by atoms with Crippen LogP contribution in [0.4, 0.5) is 0 Å². The van der Waals surface area contributed by atoms with E-state index in [2.05, 4.69) is 36.1 Å². The molecule has 1 fully saturated rings. The van der Waals surface area contributed by atoms with Gasteiger partial charge >= 0.3 is 0 Å². The van der Waals surface area contributed by atoms with Gasteiger partial charge in [-0.15, -0.1) is 6.58 Å². The van der Waals surface area contributed by atoms with Crippen LogP contribution in [-0.4, -0.2) is 17.0 Å². The molecule has 3 rings (SSSR count). The second-order valence-corrected chi connectivity index (χ2v) is 7.98. The smallest absolute Gasteiger partial charge is 0.182 e. The Morgan fingerprint density at radius 3 is 2.88 bits per heavy atom. The standard InChI is InChI=1S/C21H23IO2/c1-3-11-21-14(2)17(12-15-7-4-5-9-18(15)22)19(23)13-16(21)8-6-10-20(21)24/h3-5,7,9,12-14,20,24H,1,6,8,10-11H2,2H3/t14-,20-,21-/m0/s1. The van der Waals surface area contributed by atoms with Crippen molar-refractivity contribution < 1.29 is 9.90 Å². The largest absolute Gasteiger partial charge is 0.392 e. The maximum absolute atomic E-state index is 12.8. The van der Waals surface area contributed by atoms with Crippen molar-refractivity contribution in [2.24, 2.45) is 11.3 Å². The fraction of sp³-hybridized carbons (Fsp3) is 0.381. The SMILES string of the molecule is C=CC[C@@]12C(=CC(=O)C(=Cc3ccccc3I)[C@@H]1C)CCC[C@@H]2O. The molecule has 0 aliphatic heterocycles. The monoisotopic (exact) mass is 434 g/mol. The van der Waals surface area contributed by atoms with E-state index in [4.69, 9.17) is 0 Å². The van der Waals surface area contributed by atoms with Gasteiger partial charge in [0, 0.05) is 14.6 Å². The Morgan fingerprint density at radius 1 is 1.42 bits per heavy atom. The topological polar surface area (TPSA) is 37.3 Å². The van der Waals surface area contributed by atoms with Crippen LogP contribution in [0.2, 0.25) is 0 Å². The molecule has 0 aromatic heterocycles. The molecule has 2 aliphatic rings. The molecule has 1 saturated carbocycles. The molecule has 1 aromatic carbocycles. The summed E-state index contributed by atoms with van der Waals surface area (Å²) in [7, 11) is 0. The summed E-state index contributed by atoms with van der Waals surface area (Å²) in [5.74, 6) is 0.0697. The van der Waals surface area contributed by atoms with Crippen molar-refractivity contribution >= 4 is 34.5 Å². The Bertz CT molecular complexity index is 731. The molecule has 126 valence electrons. The van der Waals surface area contributed by atoms with Gasteiger partial charge in [0.15, 0.2) is 5.78 Å². The minimum absolute atomic E-state index is 0.0192. The molecule has 0 radical (unpaired) electrons. The molecule has 2 aliphatic carbocycles. The van der Waals surface area contributed by atoms with Gasteiger partial charge in [-0.1, -0.05) is 36.8 Å². The molecule has 0 saturated heterocycles. The van der Waals surface area contributed by atoms with E-state index in [1.54, 1.807) is 6.08 Å². The summed E-state index contributed by atoms with van der Waals surface area (Å²) in [6.45, 7) is 6.00. The van der Waals surface area contributed by atoms with Crippen molar-refractivity contribution in [1.82, 2.24) is 0 Å². The van der Waals surface area contributed by atoms with Gasteiger partial charge < -0.3 is 5.11 Å². The molecule has 0 unspecified atom stereocenters. The van der Waals surface area contributed by atoms with Gasteiger partial charge in [-0.25, -0.2) is 0 Å². The first kappa shape index (κ1) is 17.6. The molecule has 24 heavy (non-hydrogen) atoms. The summed E-state index contributed by atoms with van der Waals surface area (Å²) in [6.07, 6.45) is 8.60. The van der Waals surface area contributed by atoms with E-state index >= 15 is 0 Å². The lowest BCUT2D eigenvalue weighted by Gasteiger charge is -2.50. The fourth-order valence-electron chi connectivity index (χ4n) is 4.33. The van der Waals surface area contributed by atoms with Crippen LogP contribution < -0.4 is 0 Å². The van der Waals surface area contributed by atoms with E-state index in [0.29, 0.717) is 6.42 Å². The van der Waals surface area contributed by atoms with Crippen molar-refractivity contribution in [2.75, 3.05) is 0 Å². The molecule has 1 N–H and O–H groups in total. The summed E-state index contributed by atoms with van der Waals surface area (Å²) in [4.78, 5) is 12.8. The lowest BCUT2D eigenvalue weighted by Crippen LogP contribution is -2.48. The number of aliphatic hydroxyl groups is 1. The molecular weight excluding hydrogens is 411 g/mol. The number of halogens is 1. The van der Waals surface area contributed by atoms with Crippen LogP contribution in [0.3, 0.4) is 0 Å². The molecule has 0 heterocycles. The van der Waals surface area contributed by atoms with Crippen LogP contribution in [0.25, 0.3) is 6.08 Å². The van der Waals surface area contributed by atoms with E-state index in [9.17, 15) is 9.90 Å². The van der Waals surface area contributed by atoms with E-state index in [-0.39, 0.29) is 17.1 Å². The van der Waals surface area contributed by atoms with Crippen LogP contribution in [0, 0.1) is 14.9 Å².